The molecule has 3 aromatic rings. The van der Waals surface area contributed by atoms with E-state index in [1.807, 2.05) is 6.07 Å². The van der Waals surface area contributed by atoms with Crippen molar-refractivity contribution in [2.75, 3.05) is 12.3 Å². The van der Waals surface area contributed by atoms with Crippen LogP contribution in [0.5, 0.6) is 0 Å². The van der Waals surface area contributed by atoms with E-state index in [2.05, 4.69) is 19.9 Å². The first-order valence-corrected chi connectivity index (χ1v) is 9.49. The number of imidazole rings is 1. The van der Waals surface area contributed by atoms with Crippen LogP contribution in [-0.4, -0.2) is 60.6 Å². The highest BCUT2D eigenvalue weighted by Crippen LogP contribution is 2.34. The van der Waals surface area contributed by atoms with Gasteiger partial charge in [-0.3, -0.25) is 14.3 Å². The number of alkyl halides is 1. The monoisotopic (exact) mass is 436 g/mol. The van der Waals surface area contributed by atoms with E-state index in [0.717, 1.165) is 5.56 Å². The molecule has 0 radical (unpaired) electrons. The number of nitrogens with zero attached hydrogens (tertiary/aromatic N) is 5. The van der Waals surface area contributed by atoms with E-state index < -0.39 is 30.6 Å². The Hall–Kier alpha value is -2.89. The first-order valence-electron chi connectivity index (χ1n) is 9.11. The lowest BCUT2D eigenvalue weighted by Crippen LogP contribution is -2.32. The number of hydrogen-bond acceptors (Lipinski definition) is 9. The summed E-state index contributed by atoms with van der Waals surface area (Å²) in [6, 6.07) is 3.62. The van der Waals surface area contributed by atoms with Crippen LogP contribution in [0.3, 0.4) is 0 Å². The molecule has 158 valence electrons. The third-order valence-electron chi connectivity index (χ3n) is 4.74. The van der Waals surface area contributed by atoms with Crippen molar-refractivity contribution >= 4 is 34.6 Å². The van der Waals surface area contributed by atoms with Crippen LogP contribution in [0.1, 0.15) is 18.2 Å². The zero-order chi connectivity index (χ0) is 21.3. The molecule has 0 amide bonds. The van der Waals surface area contributed by atoms with Gasteiger partial charge < -0.3 is 20.3 Å². The molecule has 4 atom stereocenters. The number of esters is 1. The second-order valence-electron chi connectivity index (χ2n) is 6.75. The predicted molar refractivity (Wildman–Crippen MR) is 103 cm³/mol. The Balaban J connectivity index is 1.39. The van der Waals surface area contributed by atoms with Crippen molar-refractivity contribution in [3.63, 3.8) is 0 Å². The van der Waals surface area contributed by atoms with E-state index in [9.17, 15) is 14.3 Å². The number of aliphatic hydroxyl groups is 1. The molecule has 10 nitrogen and oxygen atoms in total. The Morgan fingerprint density at radius 1 is 1.43 bits per heavy atom. The average Bonchev–Trinajstić information content (AvgIpc) is 3.27. The van der Waals surface area contributed by atoms with Gasteiger partial charge in [-0.2, -0.15) is 9.97 Å². The summed E-state index contributed by atoms with van der Waals surface area (Å²) in [6.45, 7) is -0.297. The number of rotatable bonds is 6. The number of pyridine rings is 1. The fourth-order valence-electron chi connectivity index (χ4n) is 3.20. The molecule has 0 aliphatic carbocycles. The van der Waals surface area contributed by atoms with Crippen LogP contribution in [0.15, 0.2) is 30.9 Å². The molecule has 0 unspecified atom stereocenters. The number of fused-ring (bicyclic) bond motifs is 1. The lowest BCUT2D eigenvalue weighted by atomic mass is 10.1. The third-order valence-corrected chi connectivity index (χ3v) is 4.91. The Labute approximate surface area is 174 Å². The molecule has 0 aromatic carbocycles. The van der Waals surface area contributed by atoms with Crippen molar-refractivity contribution in [3.8, 4) is 0 Å². The summed E-state index contributed by atoms with van der Waals surface area (Å²) < 4.78 is 26.8. The number of aryl methyl sites for hydroxylation is 1. The predicted octanol–water partition coefficient (Wildman–Crippen LogP) is 1.23. The zero-order valence-corrected chi connectivity index (χ0v) is 16.3. The van der Waals surface area contributed by atoms with Gasteiger partial charge in [0.2, 0.25) is 5.28 Å². The van der Waals surface area contributed by atoms with Gasteiger partial charge in [-0.25, -0.2) is 9.37 Å². The fraction of sp³-hybridized carbons (Fsp3) is 0.389. The molecule has 4 heterocycles. The fourth-order valence-corrected chi connectivity index (χ4v) is 3.37. The minimum atomic E-state index is -1.81. The van der Waals surface area contributed by atoms with Gasteiger partial charge in [0.05, 0.1) is 6.33 Å². The summed E-state index contributed by atoms with van der Waals surface area (Å²) >= 11 is 5.82. The SMILES string of the molecule is Nc1nc(Cl)nc2c1ncn2[C@@H]1O[C@H](COC(=O)CCc2cccnc2)[C@@H](O)[C@@H]1F. The molecule has 0 bridgehead atoms. The highest BCUT2D eigenvalue weighted by Gasteiger charge is 2.46. The molecule has 12 heteroatoms. The van der Waals surface area contributed by atoms with Gasteiger partial charge in [-0.1, -0.05) is 6.07 Å². The molecule has 0 spiro atoms. The first kappa shape index (κ1) is 20.4. The third kappa shape index (κ3) is 4.04. The Morgan fingerprint density at radius 3 is 3.03 bits per heavy atom. The average molecular weight is 437 g/mol. The van der Waals surface area contributed by atoms with Gasteiger partial charge in [0.15, 0.2) is 23.9 Å². The Bertz CT molecular complexity index is 1050. The number of nitrogen functional groups attached to an aromatic ring is 1. The van der Waals surface area contributed by atoms with Crippen LogP contribution in [-0.2, 0) is 20.7 Å². The van der Waals surface area contributed by atoms with E-state index in [0.29, 0.717) is 6.42 Å². The van der Waals surface area contributed by atoms with Crippen LogP contribution in [0.25, 0.3) is 11.2 Å². The molecule has 1 saturated heterocycles. The number of carbonyl (C=O) groups is 1. The normalized spacial score (nSPS) is 23.7. The molecule has 30 heavy (non-hydrogen) atoms. The molecule has 3 N–H and O–H groups in total. The van der Waals surface area contributed by atoms with E-state index in [-0.39, 0.29) is 35.3 Å². The van der Waals surface area contributed by atoms with Gasteiger partial charge in [-0.15, -0.1) is 0 Å². The summed E-state index contributed by atoms with van der Waals surface area (Å²) in [5.74, 6) is -0.453. The first-order chi connectivity index (χ1) is 14.4. The van der Waals surface area contributed by atoms with Crippen molar-refractivity contribution in [3.05, 3.63) is 41.7 Å². The van der Waals surface area contributed by atoms with Crippen LogP contribution in [0.4, 0.5) is 10.2 Å². The van der Waals surface area contributed by atoms with Crippen molar-refractivity contribution in [2.24, 2.45) is 0 Å². The summed E-state index contributed by atoms with van der Waals surface area (Å²) in [6.07, 6.45) is -0.456. The number of carbonyl (C=O) groups excluding carboxylic acids is 1. The topological polar surface area (TPSA) is 138 Å². The van der Waals surface area contributed by atoms with Crippen molar-refractivity contribution in [1.82, 2.24) is 24.5 Å². The molecule has 1 aliphatic heterocycles. The second-order valence-corrected chi connectivity index (χ2v) is 7.08. The van der Waals surface area contributed by atoms with Gasteiger partial charge in [0.1, 0.15) is 24.3 Å². The van der Waals surface area contributed by atoms with Crippen molar-refractivity contribution < 1.29 is 23.8 Å². The summed E-state index contributed by atoms with van der Waals surface area (Å²) in [7, 11) is 0. The standard InChI is InChI=1S/C18H18ClFN6O4/c19-18-24-15(21)13-16(25-18)26(8-23-13)17-12(20)14(28)10(30-17)7-29-11(27)4-3-9-2-1-5-22-6-9/h1-2,5-6,8,10,12,14,17,28H,3-4,7H2,(H2,21,24,25)/t10-,12+,14-,17-/m1/s1. The van der Waals surface area contributed by atoms with Crippen LogP contribution < -0.4 is 5.73 Å². The lowest BCUT2D eigenvalue weighted by molar-refractivity contribution is -0.150. The maximum absolute atomic E-state index is 14.7. The van der Waals surface area contributed by atoms with E-state index in [1.165, 1.54) is 10.9 Å². The Morgan fingerprint density at radius 2 is 2.27 bits per heavy atom. The van der Waals surface area contributed by atoms with E-state index in [1.54, 1.807) is 18.5 Å². The smallest absolute Gasteiger partial charge is 0.306 e. The molecule has 0 saturated carbocycles. The number of aliphatic hydroxyl groups excluding tert-OH is 1. The minimum absolute atomic E-state index is 0.0387. The molecule has 3 aromatic heterocycles. The number of ether oxygens (including phenoxy) is 2. The maximum atomic E-state index is 14.7. The Kier molecular flexibility index (Phi) is 5.75. The minimum Gasteiger partial charge on any atom is -0.463 e. The summed E-state index contributed by atoms with van der Waals surface area (Å²) in [5.41, 5.74) is 7.04. The highest BCUT2D eigenvalue weighted by molar-refractivity contribution is 6.28. The number of hydrogen-bond donors (Lipinski definition) is 2. The molecule has 4 rings (SSSR count). The summed E-state index contributed by atoms with van der Waals surface area (Å²) in [4.78, 5) is 27.8. The van der Waals surface area contributed by atoms with Crippen LogP contribution in [0.2, 0.25) is 5.28 Å². The van der Waals surface area contributed by atoms with Gasteiger partial charge in [0, 0.05) is 18.8 Å². The van der Waals surface area contributed by atoms with Crippen LogP contribution >= 0.6 is 11.6 Å². The molecule has 1 fully saturated rings. The highest BCUT2D eigenvalue weighted by atomic mass is 35.5. The number of anilines is 1. The van der Waals surface area contributed by atoms with Gasteiger partial charge in [0.25, 0.3) is 0 Å². The quantitative estimate of drug-likeness (QED) is 0.431. The maximum Gasteiger partial charge on any atom is 0.306 e. The number of aromatic nitrogens is 5. The number of halogens is 2. The van der Waals surface area contributed by atoms with Crippen molar-refractivity contribution in [1.29, 1.82) is 0 Å². The zero-order valence-electron chi connectivity index (χ0n) is 15.6. The summed E-state index contributed by atoms with van der Waals surface area (Å²) in [5, 5.41) is 10.1. The van der Waals surface area contributed by atoms with E-state index >= 15 is 0 Å². The van der Waals surface area contributed by atoms with Crippen molar-refractivity contribution in [2.45, 2.75) is 37.4 Å². The number of nitrogens with two attached hydrogens (primary N) is 1. The van der Waals surface area contributed by atoms with E-state index in [4.69, 9.17) is 26.8 Å². The van der Waals surface area contributed by atoms with Gasteiger partial charge in [-0.05, 0) is 29.7 Å². The lowest BCUT2D eigenvalue weighted by Gasteiger charge is -2.15. The van der Waals surface area contributed by atoms with Gasteiger partial charge >= 0.3 is 5.97 Å². The molecular formula is C18H18ClFN6O4. The molecule has 1 aliphatic rings. The van der Waals surface area contributed by atoms with Crippen LogP contribution in [0, 0.1) is 0 Å². The second kappa shape index (κ2) is 8.46. The largest absolute Gasteiger partial charge is 0.463 e. The molecular weight excluding hydrogens is 419 g/mol.